The van der Waals surface area contributed by atoms with Crippen LogP contribution < -0.4 is 4.90 Å². The fourth-order valence-electron chi connectivity index (χ4n) is 3.97. The Hall–Kier alpha value is -3.36. The van der Waals surface area contributed by atoms with Gasteiger partial charge in [-0.25, -0.2) is 0 Å². The Morgan fingerprint density at radius 1 is 0.875 bits per heavy atom. The van der Waals surface area contributed by atoms with Crippen LogP contribution in [0.15, 0.2) is 73.1 Å². The largest absolute Gasteiger partial charge is 0.369 e. The molecule has 0 saturated carbocycles. The second-order valence-corrected chi connectivity index (χ2v) is 7.96. The van der Waals surface area contributed by atoms with Crippen molar-refractivity contribution < 1.29 is 4.92 Å². The van der Waals surface area contributed by atoms with Crippen molar-refractivity contribution in [3.8, 4) is 0 Å². The van der Waals surface area contributed by atoms with Crippen LogP contribution in [0, 0.1) is 10.1 Å². The summed E-state index contributed by atoms with van der Waals surface area (Å²) in [6.07, 6.45) is 3.67. The second-order valence-electron chi connectivity index (χ2n) is 7.96. The van der Waals surface area contributed by atoms with E-state index in [9.17, 15) is 10.1 Å². The summed E-state index contributed by atoms with van der Waals surface area (Å²) in [6.45, 7) is 7.04. The average Bonchev–Trinajstić information content (AvgIpc) is 2.84. The third-order valence-electron chi connectivity index (χ3n) is 5.73. The number of hydrogen-bond acceptors (Lipinski definition) is 7. The van der Waals surface area contributed by atoms with Gasteiger partial charge in [0.15, 0.2) is 0 Å². The van der Waals surface area contributed by atoms with Gasteiger partial charge in [-0.2, -0.15) is 0 Å². The molecule has 0 aliphatic carbocycles. The predicted octanol–water partition coefficient (Wildman–Crippen LogP) is 3.21. The summed E-state index contributed by atoms with van der Waals surface area (Å²) >= 11 is 0. The molecule has 0 spiro atoms. The Labute approximate surface area is 188 Å². The van der Waals surface area contributed by atoms with Crippen molar-refractivity contribution in [2.24, 2.45) is 0 Å². The second kappa shape index (κ2) is 10.8. The minimum atomic E-state index is -0.336. The number of non-ortho nitro benzene ring substituents is 1. The van der Waals surface area contributed by atoms with E-state index >= 15 is 0 Å². The number of nitrogens with zero attached hydrogens (tertiary/aromatic N) is 6. The number of rotatable bonds is 9. The molecule has 1 aliphatic rings. The van der Waals surface area contributed by atoms with Gasteiger partial charge in [0, 0.05) is 82.6 Å². The van der Waals surface area contributed by atoms with Crippen LogP contribution in [0.1, 0.15) is 11.4 Å². The van der Waals surface area contributed by atoms with Crippen LogP contribution in [0.3, 0.4) is 0 Å². The molecule has 0 bridgehead atoms. The Morgan fingerprint density at radius 2 is 1.53 bits per heavy atom. The lowest BCUT2D eigenvalue weighted by molar-refractivity contribution is -0.384. The van der Waals surface area contributed by atoms with Gasteiger partial charge in [-0.05, 0) is 30.3 Å². The number of benzene rings is 1. The average molecular weight is 433 g/mol. The molecule has 166 valence electrons. The predicted molar refractivity (Wildman–Crippen MR) is 124 cm³/mol. The van der Waals surface area contributed by atoms with Gasteiger partial charge in [0.1, 0.15) is 0 Å². The number of nitro groups is 1. The van der Waals surface area contributed by atoms with Gasteiger partial charge in [0.05, 0.1) is 16.3 Å². The van der Waals surface area contributed by atoms with E-state index in [0.29, 0.717) is 0 Å². The lowest BCUT2D eigenvalue weighted by Crippen LogP contribution is -2.48. The maximum Gasteiger partial charge on any atom is 0.271 e. The molecule has 2 aromatic heterocycles. The topological polar surface area (TPSA) is 78.6 Å². The minimum Gasteiger partial charge on any atom is -0.369 e. The van der Waals surface area contributed by atoms with E-state index in [1.165, 1.54) is 6.07 Å². The van der Waals surface area contributed by atoms with Gasteiger partial charge < -0.3 is 4.90 Å². The van der Waals surface area contributed by atoms with Crippen molar-refractivity contribution in [1.29, 1.82) is 0 Å². The number of anilines is 1. The normalized spacial score (nSPS) is 14.6. The first-order valence-electron chi connectivity index (χ1n) is 10.9. The number of hydrogen-bond donors (Lipinski definition) is 0. The number of nitro benzene ring substituents is 1. The van der Waals surface area contributed by atoms with E-state index in [4.69, 9.17) is 0 Å². The molecule has 0 amide bonds. The SMILES string of the molecule is O=[N+]([O-])c1cccc(N2CCN(CCN(Cc3ccccn3)Cc3ccccn3)CC2)c1. The first-order valence-corrected chi connectivity index (χ1v) is 10.9. The van der Waals surface area contributed by atoms with Gasteiger partial charge in [0.2, 0.25) is 0 Å². The molecular weight excluding hydrogens is 404 g/mol. The first kappa shape index (κ1) is 21.9. The van der Waals surface area contributed by atoms with Crippen LogP contribution in [-0.4, -0.2) is 64.0 Å². The highest BCUT2D eigenvalue weighted by Crippen LogP contribution is 2.22. The molecule has 1 aliphatic heterocycles. The molecule has 3 aromatic rings. The Balaban J connectivity index is 1.32. The molecule has 3 heterocycles. The summed E-state index contributed by atoms with van der Waals surface area (Å²) in [4.78, 5) is 26.8. The van der Waals surface area contributed by atoms with Crippen molar-refractivity contribution in [2.45, 2.75) is 13.1 Å². The fourth-order valence-corrected chi connectivity index (χ4v) is 3.97. The van der Waals surface area contributed by atoms with Crippen LogP contribution in [0.2, 0.25) is 0 Å². The summed E-state index contributed by atoms with van der Waals surface area (Å²) < 4.78 is 0. The quantitative estimate of drug-likeness (QED) is 0.379. The van der Waals surface area contributed by atoms with Gasteiger partial charge in [0.25, 0.3) is 5.69 Å². The zero-order chi connectivity index (χ0) is 22.2. The fraction of sp³-hybridized carbons (Fsp3) is 0.333. The van der Waals surface area contributed by atoms with Crippen LogP contribution >= 0.6 is 0 Å². The summed E-state index contributed by atoms with van der Waals surface area (Å²) in [5.74, 6) is 0. The van der Waals surface area contributed by atoms with Gasteiger partial charge in [-0.3, -0.25) is 29.9 Å². The molecule has 32 heavy (non-hydrogen) atoms. The van der Waals surface area contributed by atoms with Crippen LogP contribution in [0.4, 0.5) is 11.4 Å². The zero-order valence-electron chi connectivity index (χ0n) is 18.1. The lowest BCUT2D eigenvalue weighted by Gasteiger charge is -2.37. The molecular formula is C24H28N6O2. The summed E-state index contributed by atoms with van der Waals surface area (Å²) in [7, 11) is 0. The summed E-state index contributed by atoms with van der Waals surface area (Å²) in [5.41, 5.74) is 3.17. The first-order chi connectivity index (χ1) is 15.7. The van der Waals surface area contributed by atoms with Crippen molar-refractivity contribution in [3.63, 3.8) is 0 Å². The van der Waals surface area contributed by atoms with Gasteiger partial charge in [-0.1, -0.05) is 18.2 Å². The van der Waals surface area contributed by atoms with Crippen molar-refractivity contribution >= 4 is 11.4 Å². The smallest absolute Gasteiger partial charge is 0.271 e. The molecule has 1 saturated heterocycles. The molecule has 1 fully saturated rings. The van der Waals surface area contributed by atoms with Crippen molar-refractivity contribution in [2.75, 3.05) is 44.2 Å². The van der Waals surface area contributed by atoms with E-state index in [1.807, 2.05) is 42.7 Å². The molecule has 0 unspecified atom stereocenters. The Kier molecular flexibility index (Phi) is 7.37. The molecule has 4 rings (SSSR count). The standard InChI is InChI=1S/C24H28N6O2/c31-30(32)24-9-5-8-23(18-24)29-16-14-27(15-17-29)12-13-28(19-21-6-1-3-10-25-21)20-22-7-2-4-11-26-22/h1-11,18H,12-17,19-20H2. The summed E-state index contributed by atoms with van der Waals surface area (Å²) in [5, 5.41) is 11.1. The summed E-state index contributed by atoms with van der Waals surface area (Å²) in [6, 6.07) is 18.9. The molecule has 0 radical (unpaired) electrons. The number of pyridine rings is 2. The van der Waals surface area contributed by atoms with Gasteiger partial charge >= 0.3 is 0 Å². The van der Waals surface area contributed by atoms with E-state index in [0.717, 1.165) is 69.4 Å². The monoisotopic (exact) mass is 432 g/mol. The number of aromatic nitrogens is 2. The van der Waals surface area contributed by atoms with E-state index in [-0.39, 0.29) is 10.6 Å². The Morgan fingerprint density at radius 3 is 2.09 bits per heavy atom. The van der Waals surface area contributed by atoms with E-state index < -0.39 is 0 Å². The third-order valence-corrected chi connectivity index (χ3v) is 5.73. The van der Waals surface area contributed by atoms with Crippen LogP contribution in [0.25, 0.3) is 0 Å². The van der Waals surface area contributed by atoms with E-state index in [1.54, 1.807) is 12.1 Å². The van der Waals surface area contributed by atoms with Crippen molar-refractivity contribution in [3.05, 3.63) is 94.6 Å². The molecule has 0 atom stereocenters. The zero-order valence-corrected chi connectivity index (χ0v) is 18.1. The molecule has 8 heteroatoms. The van der Waals surface area contributed by atoms with Crippen LogP contribution in [-0.2, 0) is 13.1 Å². The highest BCUT2D eigenvalue weighted by molar-refractivity contribution is 5.53. The van der Waals surface area contributed by atoms with Crippen LogP contribution in [0.5, 0.6) is 0 Å². The van der Waals surface area contributed by atoms with E-state index in [2.05, 4.69) is 36.8 Å². The molecule has 1 aromatic carbocycles. The Bertz CT molecular complexity index is 952. The number of piperazine rings is 1. The molecule has 8 nitrogen and oxygen atoms in total. The molecule has 0 N–H and O–H groups in total. The third kappa shape index (κ3) is 6.09. The van der Waals surface area contributed by atoms with Gasteiger partial charge in [-0.15, -0.1) is 0 Å². The lowest BCUT2D eigenvalue weighted by atomic mass is 10.2. The highest BCUT2D eigenvalue weighted by Gasteiger charge is 2.19. The maximum absolute atomic E-state index is 11.1. The van der Waals surface area contributed by atoms with Crippen molar-refractivity contribution in [1.82, 2.24) is 19.8 Å². The highest BCUT2D eigenvalue weighted by atomic mass is 16.6. The minimum absolute atomic E-state index is 0.143. The maximum atomic E-state index is 11.1.